The molecule has 1 N–H and O–H groups in total. The third-order valence-corrected chi connectivity index (χ3v) is 4.35. The molecule has 7 heteroatoms. The third kappa shape index (κ3) is 3.67. The van der Waals surface area contributed by atoms with Gasteiger partial charge in [-0.25, -0.2) is 4.79 Å². The molecular formula is C17H21N3O4. The maximum Gasteiger partial charge on any atom is 0.338 e. The molecule has 0 saturated carbocycles. The Labute approximate surface area is 139 Å². The minimum atomic E-state index is -0.987. The molecule has 1 atom stereocenters. The summed E-state index contributed by atoms with van der Waals surface area (Å²) in [5, 5.41) is 13.1. The molecule has 0 aromatic carbocycles. The van der Waals surface area contributed by atoms with Gasteiger partial charge in [-0.1, -0.05) is 0 Å². The molecule has 0 radical (unpaired) electrons. The largest absolute Gasteiger partial charge is 0.478 e. The Morgan fingerprint density at radius 1 is 1.42 bits per heavy atom. The lowest BCUT2D eigenvalue weighted by molar-refractivity contribution is -0.132. The number of nitrogens with zero attached hydrogens (tertiary/aromatic N) is 3. The van der Waals surface area contributed by atoms with Gasteiger partial charge in [-0.3, -0.25) is 9.48 Å². The van der Waals surface area contributed by atoms with Crippen LogP contribution in [0.15, 0.2) is 28.9 Å². The summed E-state index contributed by atoms with van der Waals surface area (Å²) in [7, 11) is 0. The van der Waals surface area contributed by atoms with Crippen molar-refractivity contribution in [1.29, 1.82) is 0 Å². The molecule has 0 spiro atoms. The maximum atomic E-state index is 12.4. The fourth-order valence-electron chi connectivity index (χ4n) is 3.05. The number of carboxylic acid groups (broad SMARTS) is 1. The van der Waals surface area contributed by atoms with Gasteiger partial charge in [-0.15, -0.1) is 0 Å². The van der Waals surface area contributed by atoms with Crippen LogP contribution in [0.25, 0.3) is 0 Å². The number of piperidine rings is 1. The van der Waals surface area contributed by atoms with Crippen molar-refractivity contribution in [2.24, 2.45) is 0 Å². The van der Waals surface area contributed by atoms with Crippen molar-refractivity contribution in [3.8, 4) is 0 Å². The van der Waals surface area contributed by atoms with E-state index in [0.717, 1.165) is 30.9 Å². The molecule has 3 heterocycles. The number of carbonyl (C=O) groups is 2. The highest BCUT2D eigenvalue weighted by Gasteiger charge is 2.25. The monoisotopic (exact) mass is 331 g/mol. The Hall–Kier alpha value is -2.57. The van der Waals surface area contributed by atoms with Crippen LogP contribution < -0.4 is 0 Å². The molecule has 2 aromatic heterocycles. The summed E-state index contributed by atoms with van der Waals surface area (Å²) in [5.74, 6) is 0.786. The van der Waals surface area contributed by atoms with E-state index in [1.807, 2.05) is 24.0 Å². The second-order valence-corrected chi connectivity index (χ2v) is 6.16. The summed E-state index contributed by atoms with van der Waals surface area (Å²) in [4.78, 5) is 25.2. The van der Waals surface area contributed by atoms with E-state index >= 15 is 0 Å². The molecule has 1 aliphatic heterocycles. The second kappa shape index (κ2) is 6.90. The number of rotatable bonds is 5. The van der Waals surface area contributed by atoms with E-state index < -0.39 is 5.97 Å². The van der Waals surface area contributed by atoms with Gasteiger partial charge >= 0.3 is 5.97 Å². The Bertz CT molecular complexity index is 734. The first-order valence-corrected chi connectivity index (χ1v) is 8.13. The number of carbonyl (C=O) groups excluding carboxylic acids is 1. The summed E-state index contributed by atoms with van der Waals surface area (Å²) in [6, 6.07) is 3.83. The smallest absolute Gasteiger partial charge is 0.338 e. The first-order valence-electron chi connectivity index (χ1n) is 8.13. The zero-order valence-electron chi connectivity index (χ0n) is 13.6. The van der Waals surface area contributed by atoms with Gasteiger partial charge < -0.3 is 14.4 Å². The van der Waals surface area contributed by atoms with E-state index in [0.29, 0.717) is 19.4 Å². The van der Waals surface area contributed by atoms with Gasteiger partial charge in [0.1, 0.15) is 11.5 Å². The first kappa shape index (κ1) is 16.3. The van der Waals surface area contributed by atoms with Gasteiger partial charge in [-0.05, 0) is 31.9 Å². The molecule has 1 unspecified atom stereocenters. The standard InChI is InChI=1S/C17H21N3O4/c1-12-4-5-15(24-12)6-7-16(21)19-8-2-3-14(11-19)20-10-13(9-18-20)17(22)23/h4-5,9-10,14H,2-3,6-8,11H2,1H3,(H,22,23). The van der Waals surface area contributed by atoms with Gasteiger partial charge in [-0.2, -0.15) is 5.10 Å². The lowest BCUT2D eigenvalue weighted by Gasteiger charge is -2.33. The first-order chi connectivity index (χ1) is 11.5. The number of aryl methyl sites for hydroxylation is 2. The number of hydrogen-bond acceptors (Lipinski definition) is 4. The van der Waals surface area contributed by atoms with Crippen LogP contribution in [-0.4, -0.2) is 44.8 Å². The normalized spacial score (nSPS) is 17.9. The lowest BCUT2D eigenvalue weighted by atomic mass is 10.1. The highest BCUT2D eigenvalue weighted by Crippen LogP contribution is 2.22. The molecule has 1 amide bonds. The predicted molar refractivity (Wildman–Crippen MR) is 85.8 cm³/mol. The lowest BCUT2D eigenvalue weighted by Crippen LogP contribution is -2.40. The number of hydrogen-bond donors (Lipinski definition) is 1. The van der Waals surface area contributed by atoms with Crippen LogP contribution in [-0.2, 0) is 11.2 Å². The van der Waals surface area contributed by atoms with E-state index in [1.165, 1.54) is 12.4 Å². The van der Waals surface area contributed by atoms with E-state index in [4.69, 9.17) is 9.52 Å². The van der Waals surface area contributed by atoms with Crippen molar-refractivity contribution in [3.63, 3.8) is 0 Å². The minimum absolute atomic E-state index is 0.0293. The Kier molecular flexibility index (Phi) is 4.69. The van der Waals surface area contributed by atoms with E-state index in [-0.39, 0.29) is 17.5 Å². The molecule has 2 aromatic rings. The van der Waals surface area contributed by atoms with Gasteiger partial charge in [0.25, 0.3) is 0 Å². The van der Waals surface area contributed by atoms with Crippen molar-refractivity contribution < 1.29 is 19.1 Å². The summed E-state index contributed by atoms with van der Waals surface area (Å²) >= 11 is 0. The molecular weight excluding hydrogens is 310 g/mol. The minimum Gasteiger partial charge on any atom is -0.478 e. The van der Waals surface area contributed by atoms with Crippen LogP contribution in [0.3, 0.4) is 0 Å². The maximum absolute atomic E-state index is 12.4. The zero-order chi connectivity index (χ0) is 17.1. The fourth-order valence-corrected chi connectivity index (χ4v) is 3.05. The van der Waals surface area contributed by atoms with Crippen LogP contribution in [0.5, 0.6) is 0 Å². The molecule has 128 valence electrons. The van der Waals surface area contributed by atoms with Gasteiger partial charge in [0, 0.05) is 32.1 Å². The molecule has 24 heavy (non-hydrogen) atoms. The molecule has 1 fully saturated rings. The van der Waals surface area contributed by atoms with Crippen LogP contribution >= 0.6 is 0 Å². The predicted octanol–water partition coefficient (Wildman–Crippen LogP) is 2.28. The second-order valence-electron chi connectivity index (χ2n) is 6.16. The van der Waals surface area contributed by atoms with E-state index in [1.54, 1.807) is 4.68 Å². The molecule has 0 aliphatic carbocycles. The van der Waals surface area contributed by atoms with Crippen LogP contribution in [0.4, 0.5) is 0 Å². The molecule has 7 nitrogen and oxygen atoms in total. The number of likely N-dealkylation sites (tertiary alicyclic amines) is 1. The summed E-state index contributed by atoms with van der Waals surface area (Å²) in [5.41, 5.74) is 0.173. The molecule has 0 bridgehead atoms. The number of furan rings is 1. The SMILES string of the molecule is Cc1ccc(CCC(=O)N2CCCC(n3cc(C(=O)O)cn3)C2)o1. The average Bonchev–Trinajstić information content (AvgIpc) is 3.22. The van der Waals surface area contributed by atoms with Crippen molar-refractivity contribution in [2.75, 3.05) is 13.1 Å². The Morgan fingerprint density at radius 3 is 2.92 bits per heavy atom. The summed E-state index contributed by atoms with van der Waals surface area (Å²) in [6.07, 6.45) is 5.67. The summed E-state index contributed by atoms with van der Waals surface area (Å²) in [6.45, 7) is 3.19. The van der Waals surface area contributed by atoms with Gasteiger partial charge in [0.15, 0.2) is 0 Å². The third-order valence-electron chi connectivity index (χ3n) is 4.35. The van der Waals surface area contributed by atoms with Crippen LogP contribution in [0, 0.1) is 6.92 Å². The van der Waals surface area contributed by atoms with Crippen molar-refractivity contribution >= 4 is 11.9 Å². The van der Waals surface area contributed by atoms with Crippen molar-refractivity contribution in [3.05, 3.63) is 41.6 Å². The topological polar surface area (TPSA) is 88.6 Å². The molecule has 1 saturated heterocycles. The Balaban J connectivity index is 1.57. The van der Waals surface area contributed by atoms with E-state index in [9.17, 15) is 9.59 Å². The van der Waals surface area contributed by atoms with Crippen molar-refractivity contribution in [1.82, 2.24) is 14.7 Å². The number of carboxylic acids is 1. The molecule has 3 rings (SSSR count). The number of amides is 1. The fraction of sp³-hybridized carbons (Fsp3) is 0.471. The van der Waals surface area contributed by atoms with Crippen LogP contribution in [0.2, 0.25) is 0 Å². The zero-order valence-corrected chi connectivity index (χ0v) is 13.6. The number of aromatic carboxylic acids is 1. The highest BCUT2D eigenvalue weighted by molar-refractivity contribution is 5.86. The Morgan fingerprint density at radius 2 is 2.25 bits per heavy atom. The number of aromatic nitrogens is 2. The van der Waals surface area contributed by atoms with Gasteiger partial charge in [0.05, 0.1) is 17.8 Å². The quantitative estimate of drug-likeness (QED) is 0.908. The van der Waals surface area contributed by atoms with Gasteiger partial charge in [0.2, 0.25) is 5.91 Å². The van der Waals surface area contributed by atoms with Crippen LogP contribution in [0.1, 0.15) is 47.2 Å². The van der Waals surface area contributed by atoms with E-state index in [2.05, 4.69) is 5.10 Å². The molecule has 1 aliphatic rings. The highest BCUT2D eigenvalue weighted by atomic mass is 16.4. The average molecular weight is 331 g/mol. The summed E-state index contributed by atoms with van der Waals surface area (Å²) < 4.78 is 7.16. The van der Waals surface area contributed by atoms with Crippen molar-refractivity contribution in [2.45, 2.75) is 38.6 Å².